The number of aromatic nitrogens is 1. The Balaban J connectivity index is 1.27. The van der Waals surface area contributed by atoms with Crippen molar-refractivity contribution in [3.63, 3.8) is 0 Å². The number of piperidine rings is 1. The molecule has 0 saturated carbocycles. The average molecular weight is 392 g/mol. The molecule has 1 saturated heterocycles. The fraction of sp³-hybridized carbons (Fsp3) is 0.600. The van der Waals surface area contributed by atoms with E-state index in [2.05, 4.69) is 29.2 Å². The standard InChI is InChI=1S/C20H29N3O3S/c1-15-9-16(2)12-23(11-15)7-4-6-21-20(24)14-25-13-17-10-18(26-22-17)19-5-3-8-27-19/h3,5,8,10,15-16H,4,6-7,9,11-14H2,1-2H3,(H,21,24). The minimum Gasteiger partial charge on any atom is -0.365 e. The number of carbonyl (C=O) groups is 1. The minimum atomic E-state index is -0.0858. The molecular weight excluding hydrogens is 362 g/mol. The summed E-state index contributed by atoms with van der Waals surface area (Å²) in [6.07, 6.45) is 2.30. The van der Waals surface area contributed by atoms with Crippen molar-refractivity contribution >= 4 is 17.2 Å². The Labute approximate surface area is 164 Å². The van der Waals surface area contributed by atoms with Gasteiger partial charge in [-0.1, -0.05) is 25.1 Å². The highest BCUT2D eigenvalue weighted by molar-refractivity contribution is 7.13. The summed E-state index contributed by atoms with van der Waals surface area (Å²) in [6.45, 7) is 9.03. The van der Waals surface area contributed by atoms with Crippen LogP contribution >= 0.6 is 11.3 Å². The predicted octanol–water partition coefficient (Wildman–Crippen LogP) is 3.40. The van der Waals surface area contributed by atoms with Crippen LogP contribution in [0.15, 0.2) is 28.1 Å². The number of likely N-dealkylation sites (tertiary alicyclic amines) is 1. The zero-order valence-electron chi connectivity index (χ0n) is 16.1. The highest BCUT2D eigenvalue weighted by Crippen LogP contribution is 2.25. The lowest BCUT2D eigenvalue weighted by atomic mass is 9.92. The summed E-state index contributed by atoms with van der Waals surface area (Å²) in [5, 5.41) is 8.89. The fourth-order valence-electron chi connectivity index (χ4n) is 3.72. The van der Waals surface area contributed by atoms with E-state index in [0.29, 0.717) is 12.2 Å². The van der Waals surface area contributed by atoms with Crippen LogP contribution in [0.25, 0.3) is 10.6 Å². The van der Waals surface area contributed by atoms with Gasteiger partial charge in [0.05, 0.1) is 11.5 Å². The molecular formula is C20H29N3O3S. The normalized spacial score (nSPS) is 20.7. The van der Waals surface area contributed by atoms with Gasteiger partial charge in [0, 0.05) is 25.7 Å². The van der Waals surface area contributed by atoms with Gasteiger partial charge in [0.15, 0.2) is 5.76 Å². The van der Waals surface area contributed by atoms with Crippen LogP contribution in [0.4, 0.5) is 0 Å². The minimum absolute atomic E-state index is 0.0407. The number of thiophene rings is 1. The molecule has 2 unspecified atom stereocenters. The lowest BCUT2D eigenvalue weighted by molar-refractivity contribution is -0.126. The third kappa shape index (κ3) is 6.45. The molecule has 2 aromatic heterocycles. The number of hydrogen-bond acceptors (Lipinski definition) is 6. The summed E-state index contributed by atoms with van der Waals surface area (Å²) in [7, 11) is 0. The van der Waals surface area contributed by atoms with E-state index < -0.39 is 0 Å². The molecule has 1 fully saturated rings. The zero-order chi connectivity index (χ0) is 19.1. The van der Waals surface area contributed by atoms with E-state index in [1.807, 2.05) is 23.6 Å². The highest BCUT2D eigenvalue weighted by atomic mass is 32.1. The van der Waals surface area contributed by atoms with Gasteiger partial charge in [0.25, 0.3) is 0 Å². The molecule has 0 radical (unpaired) electrons. The van der Waals surface area contributed by atoms with Gasteiger partial charge in [-0.3, -0.25) is 4.79 Å². The second-order valence-corrected chi connectivity index (χ2v) is 8.51. The van der Waals surface area contributed by atoms with Crippen molar-refractivity contribution < 1.29 is 14.1 Å². The number of nitrogens with one attached hydrogen (secondary N) is 1. The Morgan fingerprint density at radius 1 is 1.41 bits per heavy atom. The lowest BCUT2D eigenvalue weighted by Crippen LogP contribution is -2.40. The Morgan fingerprint density at radius 2 is 2.22 bits per heavy atom. The van der Waals surface area contributed by atoms with Crippen LogP contribution in [0, 0.1) is 11.8 Å². The van der Waals surface area contributed by atoms with E-state index in [1.54, 1.807) is 11.3 Å². The smallest absolute Gasteiger partial charge is 0.246 e. The maximum atomic E-state index is 11.9. The highest BCUT2D eigenvalue weighted by Gasteiger charge is 2.21. The number of hydrogen-bond donors (Lipinski definition) is 1. The van der Waals surface area contributed by atoms with Gasteiger partial charge in [-0.25, -0.2) is 0 Å². The van der Waals surface area contributed by atoms with Crippen molar-refractivity contribution in [2.75, 3.05) is 32.8 Å². The van der Waals surface area contributed by atoms with Gasteiger partial charge in [0.1, 0.15) is 12.3 Å². The molecule has 7 heteroatoms. The number of carbonyl (C=O) groups excluding carboxylic acids is 1. The zero-order valence-corrected chi connectivity index (χ0v) is 17.0. The van der Waals surface area contributed by atoms with Crippen molar-refractivity contribution in [3.8, 4) is 10.6 Å². The monoisotopic (exact) mass is 391 g/mol. The van der Waals surface area contributed by atoms with Gasteiger partial charge in [-0.15, -0.1) is 11.3 Å². The summed E-state index contributed by atoms with van der Waals surface area (Å²) >= 11 is 1.60. The maximum Gasteiger partial charge on any atom is 0.246 e. The van der Waals surface area contributed by atoms with Crippen LogP contribution in [0.5, 0.6) is 0 Å². The second-order valence-electron chi connectivity index (χ2n) is 7.56. The van der Waals surface area contributed by atoms with Gasteiger partial charge in [-0.05, 0) is 42.7 Å². The molecule has 27 heavy (non-hydrogen) atoms. The van der Waals surface area contributed by atoms with E-state index in [0.717, 1.165) is 35.4 Å². The van der Waals surface area contributed by atoms with Gasteiger partial charge in [0.2, 0.25) is 5.91 Å². The van der Waals surface area contributed by atoms with E-state index in [4.69, 9.17) is 9.26 Å². The topological polar surface area (TPSA) is 67.6 Å². The van der Waals surface area contributed by atoms with E-state index >= 15 is 0 Å². The molecule has 1 amide bonds. The average Bonchev–Trinajstić information content (AvgIpc) is 3.29. The molecule has 0 aromatic carbocycles. The summed E-state index contributed by atoms with van der Waals surface area (Å²) < 4.78 is 10.7. The molecule has 1 aliphatic rings. The number of ether oxygens (including phenoxy) is 1. The van der Waals surface area contributed by atoms with Crippen LogP contribution in [0.1, 0.15) is 32.4 Å². The van der Waals surface area contributed by atoms with E-state index in [9.17, 15) is 4.79 Å². The van der Waals surface area contributed by atoms with Crippen molar-refractivity contribution in [3.05, 3.63) is 29.3 Å². The van der Waals surface area contributed by atoms with Crippen LogP contribution in [0.3, 0.4) is 0 Å². The van der Waals surface area contributed by atoms with Gasteiger partial charge < -0.3 is 19.5 Å². The third-order valence-electron chi connectivity index (χ3n) is 4.72. The number of amides is 1. The number of rotatable bonds is 9. The molecule has 6 nitrogen and oxygen atoms in total. The SMILES string of the molecule is CC1CC(C)CN(CCCNC(=O)COCc2cc(-c3cccs3)on2)C1. The molecule has 3 heterocycles. The molecule has 0 bridgehead atoms. The fourth-order valence-corrected chi connectivity index (χ4v) is 4.39. The maximum absolute atomic E-state index is 11.9. The van der Waals surface area contributed by atoms with Crippen molar-refractivity contribution in [2.45, 2.75) is 33.3 Å². The Bertz CT molecular complexity index is 691. The molecule has 2 aromatic rings. The molecule has 0 aliphatic carbocycles. The van der Waals surface area contributed by atoms with Crippen LogP contribution in [-0.2, 0) is 16.1 Å². The summed E-state index contributed by atoms with van der Waals surface area (Å²) in [6, 6.07) is 5.80. The Morgan fingerprint density at radius 3 is 2.96 bits per heavy atom. The second kappa shape index (κ2) is 10.0. The number of nitrogens with zero attached hydrogens (tertiary/aromatic N) is 2. The summed E-state index contributed by atoms with van der Waals surface area (Å²) in [4.78, 5) is 15.4. The van der Waals surface area contributed by atoms with Crippen LogP contribution in [-0.4, -0.2) is 48.7 Å². The van der Waals surface area contributed by atoms with Gasteiger partial charge in [-0.2, -0.15) is 0 Å². The third-order valence-corrected chi connectivity index (χ3v) is 5.61. The quantitative estimate of drug-likeness (QED) is 0.664. The first-order valence-corrected chi connectivity index (χ1v) is 10.5. The first-order valence-electron chi connectivity index (χ1n) is 9.66. The molecule has 3 rings (SSSR count). The molecule has 1 aliphatic heterocycles. The van der Waals surface area contributed by atoms with Crippen molar-refractivity contribution in [1.29, 1.82) is 0 Å². The first-order chi connectivity index (χ1) is 13.1. The Kier molecular flexibility index (Phi) is 7.43. The van der Waals surface area contributed by atoms with Crippen LogP contribution < -0.4 is 5.32 Å². The molecule has 1 N–H and O–H groups in total. The largest absolute Gasteiger partial charge is 0.365 e. The predicted molar refractivity (Wildman–Crippen MR) is 106 cm³/mol. The molecule has 0 spiro atoms. The summed E-state index contributed by atoms with van der Waals surface area (Å²) in [5.74, 6) is 2.19. The van der Waals surface area contributed by atoms with Crippen molar-refractivity contribution in [2.24, 2.45) is 11.8 Å². The molecule has 148 valence electrons. The Hall–Kier alpha value is -1.70. The van der Waals surface area contributed by atoms with Crippen LogP contribution in [0.2, 0.25) is 0 Å². The summed E-state index contributed by atoms with van der Waals surface area (Å²) in [5.41, 5.74) is 0.694. The lowest BCUT2D eigenvalue weighted by Gasteiger charge is -2.34. The van der Waals surface area contributed by atoms with E-state index in [-0.39, 0.29) is 19.1 Å². The first kappa shape index (κ1) is 20.0. The van der Waals surface area contributed by atoms with E-state index in [1.165, 1.54) is 19.5 Å². The van der Waals surface area contributed by atoms with Crippen molar-refractivity contribution in [1.82, 2.24) is 15.4 Å². The van der Waals surface area contributed by atoms with Gasteiger partial charge >= 0.3 is 0 Å². The molecule has 2 atom stereocenters.